The number of aromatic amines is 2. The Morgan fingerprint density at radius 3 is 2.47 bits per heavy atom. The number of carbonyl (C=O) groups excluding carboxylic acids is 1. The Morgan fingerprint density at radius 2 is 1.66 bits per heavy atom. The second kappa shape index (κ2) is 9.53. The largest absolute Gasteiger partial charge is 0.352 e. The Hall–Kier alpha value is -4.89. The zero-order chi connectivity index (χ0) is 26.2. The molecule has 188 valence electrons. The topological polar surface area (TPSA) is 103 Å². The zero-order valence-electron chi connectivity index (χ0n) is 20.8. The lowest BCUT2D eigenvalue weighted by molar-refractivity contribution is -0.116. The third kappa shape index (κ3) is 4.51. The molecular formula is C29H24FN7O. The number of carbonyl (C=O) groups is 1. The molecule has 6 rings (SSSR count). The summed E-state index contributed by atoms with van der Waals surface area (Å²) in [6.45, 7) is 0.289. The van der Waals surface area contributed by atoms with Crippen LogP contribution in [-0.2, 0) is 4.79 Å². The molecule has 0 aliphatic rings. The van der Waals surface area contributed by atoms with Gasteiger partial charge in [-0.05, 0) is 61.6 Å². The van der Waals surface area contributed by atoms with Crippen LogP contribution in [-0.4, -0.2) is 56.6 Å². The Balaban J connectivity index is 1.38. The van der Waals surface area contributed by atoms with Crippen molar-refractivity contribution in [3.63, 3.8) is 0 Å². The summed E-state index contributed by atoms with van der Waals surface area (Å²) in [5.74, 6) is -0.381. The number of fused-ring (bicyclic) bond motifs is 2. The fraction of sp³-hybridized carbons (Fsp3) is 0.103. The molecule has 6 aromatic rings. The summed E-state index contributed by atoms with van der Waals surface area (Å²) in [6, 6.07) is 16.4. The van der Waals surface area contributed by atoms with Gasteiger partial charge in [0, 0.05) is 34.3 Å². The molecule has 0 fully saturated rings. The predicted octanol–water partition coefficient (Wildman–Crippen LogP) is 5.47. The predicted molar refractivity (Wildman–Crippen MR) is 147 cm³/mol. The van der Waals surface area contributed by atoms with E-state index in [1.54, 1.807) is 36.9 Å². The van der Waals surface area contributed by atoms with Gasteiger partial charge in [0.2, 0.25) is 5.91 Å². The lowest BCUT2D eigenvalue weighted by Gasteiger charge is -2.11. The minimum atomic E-state index is -0.279. The number of nitrogens with zero attached hydrogens (tertiary/aromatic N) is 4. The fourth-order valence-corrected chi connectivity index (χ4v) is 4.59. The lowest BCUT2D eigenvalue weighted by Crippen LogP contribution is -2.27. The number of halogens is 1. The number of aromatic nitrogens is 5. The van der Waals surface area contributed by atoms with Gasteiger partial charge < -0.3 is 15.2 Å². The van der Waals surface area contributed by atoms with Gasteiger partial charge >= 0.3 is 0 Å². The van der Waals surface area contributed by atoms with Crippen molar-refractivity contribution >= 4 is 33.4 Å². The number of nitrogens with one attached hydrogen (secondary N) is 3. The molecular weight excluding hydrogens is 481 g/mol. The van der Waals surface area contributed by atoms with E-state index < -0.39 is 0 Å². The van der Waals surface area contributed by atoms with E-state index in [4.69, 9.17) is 0 Å². The number of hydrogen-bond acceptors (Lipinski definition) is 5. The Kier molecular flexibility index (Phi) is 5.89. The molecule has 38 heavy (non-hydrogen) atoms. The first kappa shape index (κ1) is 23.5. The highest BCUT2D eigenvalue weighted by molar-refractivity contribution is 6.01. The standard InChI is InChI=1S/C29H24FN7O/c1-37(2)16-28(38)33-21-9-19(12-31-13-21)18-5-8-25-23(10-18)29(36-35-25)26-11-22-24(14-32-15-27(22)34-26)17-3-6-20(30)7-4-17/h3-15,34H,16H2,1-2H3,(H,33,38)(H,35,36). The van der Waals surface area contributed by atoms with Gasteiger partial charge in [-0.3, -0.25) is 19.9 Å². The van der Waals surface area contributed by atoms with Crippen molar-refractivity contribution in [1.82, 2.24) is 30.0 Å². The number of hydrogen-bond donors (Lipinski definition) is 3. The molecule has 1 amide bonds. The molecule has 4 aromatic heterocycles. The van der Waals surface area contributed by atoms with Crippen LogP contribution in [0.2, 0.25) is 0 Å². The molecule has 0 bridgehead atoms. The van der Waals surface area contributed by atoms with Gasteiger partial charge in [-0.15, -0.1) is 0 Å². The minimum Gasteiger partial charge on any atom is -0.352 e. The van der Waals surface area contributed by atoms with Crippen LogP contribution in [0.3, 0.4) is 0 Å². The molecule has 0 spiro atoms. The van der Waals surface area contributed by atoms with Crippen molar-refractivity contribution in [3.8, 4) is 33.6 Å². The van der Waals surface area contributed by atoms with Crippen LogP contribution in [0.5, 0.6) is 0 Å². The minimum absolute atomic E-state index is 0.102. The monoisotopic (exact) mass is 505 g/mol. The number of pyridine rings is 2. The number of amides is 1. The van der Waals surface area contributed by atoms with E-state index in [1.807, 2.05) is 43.3 Å². The molecule has 3 N–H and O–H groups in total. The van der Waals surface area contributed by atoms with Crippen molar-refractivity contribution in [2.45, 2.75) is 0 Å². The van der Waals surface area contributed by atoms with E-state index >= 15 is 0 Å². The highest BCUT2D eigenvalue weighted by Crippen LogP contribution is 2.35. The van der Waals surface area contributed by atoms with E-state index in [0.717, 1.165) is 55.4 Å². The number of benzene rings is 2. The van der Waals surface area contributed by atoms with Crippen LogP contribution in [0.15, 0.2) is 79.4 Å². The Bertz CT molecular complexity index is 1790. The van der Waals surface area contributed by atoms with Crippen LogP contribution in [0.4, 0.5) is 10.1 Å². The highest BCUT2D eigenvalue weighted by Gasteiger charge is 2.15. The van der Waals surface area contributed by atoms with E-state index in [-0.39, 0.29) is 18.3 Å². The third-order valence-electron chi connectivity index (χ3n) is 6.33. The summed E-state index contributed by atoms with van der Waals surface area (Å²) >= 11 is 0. The molecule has 4 heterocycles. The van der Waals surface area contributed by atoms with Crippen LogP contribution in [0, 0.1) is 5.82 Å². The second-order valence-corrected chi connectivity index (χ2v) is 9.42. The lowest BCUT2D eigenvalue weighted by atomic mass is 10.0. The van der Waals surface area contributed by atoms with Gasteiger partial charge in [0.1, 0.15) is 11.5 Å². The average Bonchev–Trinajstić information content (AvgIpc) is 3.52. The first-order chi connectivity index (χ1) is 18.4. The second-order valence-electron chi connectivity index (χ2n) is 9.42. The maximum absolute atomic E-state index is 13.5. The van der Waals surface area contributed by atoms with Crippen molar-refractivity contribution in [2.75, 3.05) is 26.0 Å². The maximum Gasteiger partial charge on any atom is 0.238 e. The maximum atomic E-state index is 13.5. The van der Waals surface area contributed by atoms with Crippen LogP contribution >= 0.6 is 0 Å². The van der Waals surface area contributed by atoms with Gasteiger partial charge in [0.15, 0.2) is 0 Å². The molecule has 0 saturated carbocycles. The number of H-pyrrole nitrogens is 2. The molecule has 0 aliphatic heterocycles. The van der Waals surface area contributed by atoms with Crippen LogP contribution in [0.1, 0.15) is 0 Å². The van der Waals surface area contributed by atoms with Crippen molar-refractivity contribution in [3.05, 3.63) is 85.2 Å². The van der Waals surface area contributed by atoms with Crippen molar-refractivity contribution in [1.29, 1.82) is 0 Å². The quantitative estimate of drug-likeness (QED) is 0.278. The van der Waals surface area contributed by atoms with E-state index in [9.17, 15) is 9.18 Å². The molecule has 2 aromatic carbocycles. The van der Waals surface area contributed by atoms with E-state index in [0.29, 0.717) is 5.69 Å². The number of likely N-dealkylation sites (N-methyl/N-ethyl adjacent to an activating group) is 1. The molecule has 9 heteroatoms. The summed E-state index contributed by atoms with van der Waals surface area (Å²) in [4.78, 5) is 26.1. The molecule has 8 nitrogen and oxygen atoms in total. The van der Waals surface area contributed by atoms with E-state index in [2.05, 4.69) is 36.5 Å². The highest BCUT2D eigenvalue weighted by atomic mass is 19.1. The Labute approximate surface area is 217 Å². The first-order valence-electron chi connectivity index (χ1n) is 12.1. The summed E-state index contributed by atoms with van der Waals surface area (Å²) in [6.07, 6.45) is 6.96. The smallest absolute Gasteiger partial charge is 0.238 e. The SMILES string of the molecule is CN(C)CC(=O)Nc1cncc(-c2ccc3[nH]nc(-c4cc5c(-c6ccc(F)cc6)cncc5[nH]4)c3c2)c1. The normalized spacial score (nSPS) is 11.5. The summed E-state index contributed by atoms with van der Waals surface area (Å²) in [5.41, 5.74) is 7.61. The van der Waals surface area contributed by atoms with Crippen LogP contribution in [0.25, 0.3) is 55.4 Å². The average molecular weight is 506 g/mol. The van der Waals surface area contributed by atoms with Crippen LogP contribution < -0.4 is 5.32 Å². The molecule has 0 unspecified atom stereocenters. The number of rotatable bonds is 6. The molecule has 0 atom stereocenters. The summed E-state index contributed by atoms with van der Waals surface area (Å²) < 4.78 is 13.5. The van der Waals surface area contributed by atoms with Crippen molar-refractivity contribution < 1.29 is 9.18 Å². The number of anilines is 1. The van der Waals surface area contributed by atoms with Gasteiger partial charge in [-0.2, -0.15) is 5.10 Å². The molecule has 0 radical (unpaired) electrons. The third-order valence-corrected chi connectivity index (χ3v) is 6.33. The summed E-state index contributed by atoms with van der Waals surface area (Å²) in [5, 5.41) is 12.5. The van der Waals surface area contributed by atoms with Gasteiger partial charge in [0.25, 0.3) is 0 Å². The van der Waals surface area contributed by atoms with Gasteiger partial charge in [-0.25, -0.2) is 4.39 Å². The first-order valence-corrected chi connectivity index (χ1v) is 12.1. The van der Waals surface area contributed by atoms with Gasteiger partial charge in [-0.1, -0.05) is 18.2 Å². The summed E-state index contributed by atoms with van der Waals surface area (Å²) in [7, 11) is 3.69. The fourth-order valence-electron chi connectivity index (χ4n) is 4.59. The Morgan fingerprint density at radius 1 is 0.868 bits per heavy atom. The van der Waals surface area contributed by atoms with Crippen molar-refractivity contribution in [2.24, 2.45) is 0 Å². The molecule has 0 aliphatic carbocycles. The van der Waals surface area contributed by atoms with E-state index in [1.165, 1.54) is 12.1 Å². The molecule has 0 saturated heterocycles. The zero-order valence-corrected chi connectivity index (χ0v) is 20.8. The van der Waals surface area contributed by atoms with Gasteiger partial charge in [0.05, 0.1) is 41.4 Å².